The van der Waals surface area contributed by atoms with Crippen molar-refractivity contribution < 1.29 is 23.0 Å². The van der Waals surface area contributed by atoms with Crippen LogP contribution in [0.1, 0.15) is 11.7 Å². The third-order valence-electron chi connectivity index (χ3n) is 3.38. The standard InChI is InChI=1S/C16H18ClNO5S/c1-22-12-5-3-4-11(8-12)15(19)10-18-24(20,21)13-6-7-16(23-2)14(17)9-13/h3-9,15,18-19H,10H2,1-2H3. The second-order valence-corrected chi connectivity index (χ2v) is 7.11. The predicted molar refractivity (Wildman–Crippen MR) is 91.1 cm³/mol. The van der Waals surface area contributed by atoms with Crippen molar-refractivity contribution in [2.45, 2.75) is 11.0 Å². The molecule has 2 N–H and O–H groups in total. The van der Waals surface area contributed by atoms with Crippen molar-refractivity contribution in [3.05, 3.63) is 53.1 Å². The van der Waals surface area contributed by atoms with E-state index < -0.39 is 16.1 Å². The van der Waals surface area contributed by atoms with E-state index in [0.717, 1.165) is 0 Å². The fraction of sp³-hybridized carbons (Fsp3) is 0.250. The number of nitrogens with one attached hydrogen (secondary N) is 1. The number of ether oxygens (including phenoxy) is 2. The molecule has 0 bridgehead atoms. The lowest BCUT2D eigenvalue weighted by atomic mass is 10.1. The summed E-state index contributed by atoms with van der Waals surface area (Å²) in [6.07, 6.45) is -1.01. The summed E-state index contributed by atoms with van der Waals surface area (Å²) in [6, 6.07) is 10.9. The van der Waals surface area contributed by atoms with E-state index in [1.54, 1.807) is 24.3 Å². The highest BCUT2D eigenvalue weighted by Gasteiger charge is 2.18. The predicted octanol–water partition coefficient (Wildman–Crippen LogP) is 2.37. The molecule has 1 unspecified atom stereocenters. The second-order valence-electron chi connectivity index (χ2n) is 4.94. The van der Waals surface area contributed by atoms with Gasteiger partial charge in [0.2, 0.25) is 10.0 Å². The van der Waals surface area contributed by atoms with Crippen molar-refractivity contribution in [3.63, 3.8) is 0 Å². The SMILES string of the molecule is COc1cccc(C(O)CNS(=O)(=O)c2ccc(OC)c(Cl)c2)c1. The van der Waals surface area contributed by atoms with Gasteiger partial charge in [0.15, 0.2) is 0 Å². The Balaban J connectivity index is 2.10. The zero-order chi connectivity index (χ0) is 17.7. The molecule has 6 nitrogen and oxygen atoms in total. The molecule has 0 radical (unpaired) electrons. The van der Waals surface area contributed by atoms with Crippen LogP contribution in [0.2, 0.25) is 5.02 Å². The van der Waals surface area contributed by atoms with Crippen LogP contribution in [0.5, 0.6) is 11.5 Å². The topological polar surface area (TPSA) is 84.9 Å². The lowest BCUT2D eigenvalue weighted by Crippen LogP contribution is -2.28. The summed E-state index contributed by atoms with van der Waals surface area (Å²) in [5.74, 6) is 0.961. The molecule has 0 aliphatic carbocycles. The van der Waals surface area contributed by atoms with E-state index in [0.29, 0.717) is 17.1 Å². The molecule has 2 rings (SSSR count). The van der Waals surface area contributed by atoms with E-state index >= 15 is 0 Å². The first kappa shape index (κ1) is 18.5. The number of methoxy groups -OCH3 is 2. The molecule has 0 heterocycles. The molecule has 24 heavy (non-hydrogen) atoms. The van der Waals surface area contributed by atoms with Crippen molar-refractivity contribution >= 4 is 21.6 Å². The highest BCUT2D eigenvalue weighted by molar-refractivity contribution is 7.89. The van der Waals surface area contributed by atoms with Gasteiger partial charge in [-0.3, -0.25) is 0 Å². The normalized spacial score (nSPS) is 12.7. The van der Waals surface area contributed by atoms with Gasteiger partial charge in [0.1, 0.15) is 11.5 Å². The first-order valence-corrected chi connectivity index (χ1v) is 8.88. The molecule has 8 heteroatoms. The summed E-state index contributed by atoms with van der Waals surface area (Å²) < 4.78 is 37.0. The molecule has 2 aromatic rings. The number of rotatable bonds is 7. The Morgan fingerprint density at radius 2 is 1.92 bits per heavy atom. The molecule has 0 spiro atoms. The van der Waals surface area contributed by atoms with E-state index in [-0.39, 0.29) is 16.5 Å². The number of hydrogen-bond donors (Lipinski definition) is 2. The van der Waals surface area contributed by atoms with Gasteiger partial charge >= 0.3 is 0 Å². The lowest BCUT2D eigenvalue weighted by Gasteiger charge is -2.14. The fourth-order valence-corrected chi connectivity index (χ4v) is 3.44. The molecule has 1 atom stereocenters. The monoisotopic (exact) mass is 371 g/mol. The van der Waals surface area contributed by atoms with Gasteiger partial charge in [0, 0.05) is 6.54 Å². The minimum absolute atomic E-state index is 0.00820. The number of sulfonamides is 1. The molecular formula is C16H18ClNO5S. The molecule has 0 saturated heterocycles. The van der Waals surface area contributed by atoms with Crippen LogP contribution in [0, 0.1) is 0 Å². The van der Waals surface area contributed by atoms with Gasteiger partial charge < -0.3 is 14.6 Å². The molecule has 0 aliphatic rings. The Labute approximate surface area is 146 Å². The van der Waals surface area contributed by atoms with Gasteiger partial charge in [-0.05, 0) is 35.9 Å². The molecule has 0 saturated carbocycles. The van der Waals surface area contributed by atoms with Crippen molar-refractivity contribution in [1.82, 2.24) is 4.72 Å². The average molecular weight is 372 g/mol. The van der Waals surface area contributed by atoms with Crippen molar-refractivity contribution in [2.75, 3.05) is 20.8 Å². The minimum atomic E-state index is -3.81. The maximum Gasteiger partial charge on any atom is 0.240 e. The molecule has 2 aromatic carbocycles. The smallest absolute Gasteiger partial charge is 0.240 e. The number of hydrogen-bond acceptors (Lipinski definition) is 5. The van der Waals surface area contributed by atoms with Crippen LogP contribution in [0.3, 0.4) is 0 Å². The Kier molecular flexibility index (Phi) is 6.06. The van der Waals surface area contributed by atoms with Crippen molar-refractivity contribution in [1.29, 1.82) is 0 Å². The van der Waals surface area contributed by atoms with Crippen LogP contribution >= 0.6 is 11.6 Å². The van der Waals surface area contributed by atoms with Crippen molar-refractivity contribution in [2.24, 2.45) is 0 Å². The maximum absolute atomic E-state index is 12.3. The summed E-state index contributed by atoms with van der Waals surface area (Å²) in [6.45, 7) is -0.181. The Hall–Kier alpha value is -1.80. The Bertz CT molecular complexity index is 810. The number of halogens is 1. The third kappa shape index (κ3) is 4.39. The summed E-state index contributed by atoms with van der Waals surface area (Å²) in [4.78, 5) is -0.00820. The summed E-state index contributed by atoms with van der Waals surface area (Å²) >= 11 is 5.95. The second kappa shape index (κ2) is 7.85. The van der Waals surface area contributed by atoms with Crippen LogP contribution < -0.4 is 14.2 Å². The summed E-state index contributed by atoms with van der Waals surface area (Å²) in [7, 11) is -0.850. The van der Waals surface area contributed by atoms with Gasteiger partial charge in [0.05, 0.1) is 30.2 Å². The minimum Gasteiger partial charge on any atom is -0.497 e. The zero-order valence-electron chi connectivity index (χ0n) is 13.2. The van der Waals surface area contributed by atoms with Crippen LogP contribution in [0.15, 0.2) is 47.4 Å². The maximum atomic E-state index is 12.3. The number of aliphatic hydroxyl groups is 1. The molecule has 0 fully saturated rings. The van der Waals surface area contributed by atoms with Crippen LogP contribution in [-0.4, -0.2) is 34.3 Å². The molecular weight excluding hydrogens is 354 g/mol. The van der Waals surface area contributed by atoms with E-state index in [1.165, 1.54) is 32.4 Å². The van der Waals surface area contributed by atoms with Gasteiger partial charge in [-0.15, -0.1) is 0 Å². The number of benzene rings is 2. The van der Waals surface area contributed by atoms with Crippen LogP contribution in [0.25, 0.3) is 0 Å². The largest absolute Gasteiger partial charge is 0.497 e. The van der Waals surface area contributed by atoms with E-state index in [9.17, 15) is 13.5 Å². The Morgan fingerprint density at radius 3 is 2.54 bits per heavy atom. The first-order valence-electron chi connectivity index (χ1n) is 7.02. The highest BCUT2D eigenvalue weighted by Crippen LogP contribution is 2.27. The van der Waals surface area contributed by atoms with Gasteiger partial charge in [0.25, 0.3) is 0 Å². The van der Waals surface area contributed by atoms with E-state index in [1.807, 2.05) is 0 Å². The molecule has 0 amide bonds. The van der Waals surface area contributed by atoms with Gasteiger partial charge in [-0.1, -0.05) is 23.7 Å². The lowest BCUT2D eigenvalue weighted by molar-refractivity contribution is 0.181. The van der Waals surface area contributed by atoms with Crippen LogP contribution in [-0.2, 0) is 10.0 Å². The zero-order valence-corrected chi connectivity index (χ0v) is 14.8. The molecule has 0 aliphatic heterocycles. The van der Waals surface area contributed by atoms with Crippen LogP contribution in [0.4, 0.5) is 0 Å². The molecule has 130 valence electrons. The molecule has 0 aromatic heterocycles. The fourth-order valence-electron chi connectivity index (χ4n) is 2.05. The first-order chi connectivity index (χ1) is 11.4. The van der Waals surface area contributed by atoms with Crippen molar-refractivity contribution in [3.8, 4) is 11.5 Å². The number of aliphatic hydroxyl groups excluding tert-OH is 1. The van der Waals surface area contributed by atoms with E-state index in [2.05, 4.69) is 4.72 Å². The summed E-state index contributed by atoms with van der Waals surface area (Å²) in [5, 5.41) is 10.3. The average Bonchev–Trinajstić information content (AvgIpc) is 2.59. The summed E-state index contributed by atoms with van der Waals surface area (Å²) in [5.41, 5.74) is 0.546. The quantitative estimate of drug-likeness (QED) is 0.780. The third-order valence-corrected chi connectivity index (χ3v) is 5.10. The van der Waals surface area contributed by atoms with Gasteiger partial charge in [-0.25, -0.2) is 13.1 Å². The van der Waals surface area contributed by atoms with Gasteiger partial charge in [-0.2, -0.15) is 0 Å². The van der Waals surface area contributed by atoms with E-state index in [4.69, 9.17) is 21.1 Å². The highest BCUT2D eigenvalue weighted by atomic mass is 35.5. The Morgan fingerprint density at radius 1 is 1.17 bits per heavy atom.